The molecule has 3 rings (SSSR count). The number of hydrogen-bond donors (Lipinski definition) is 0. The van der Waals surface area contributed by atoms with Crippen molar-refractivity contribution < 1.29 is 19.1 Å². The van der Waals surface area contributed by atoms with Crippen molar-refractivity contribution >= 4 is 17.8 Å². The van der Waals surface area contributed by atoms with Gasteiger partial charge in [-0.3, -0.25) is 0 Å². The molecule has 0 aliphatic carbocycles. The second-order valence-corrected chi connectivity index (χ2v) is 6.20. The monoisotopic (exact) mass is 351 g/mol. The van der Waals surface area contributed by atoms with Gasteiger partial charge < -0.3 is 9.47 Å². The van der Waals surface area contributed by atoms with E-state index in [2.05, 4.69) is 4.99 Å². The molecule has 0 spiro atoms. The van der Waals surface area contributed by atoms with Gasteiger partial charge in [0.05, 0.1) is 0 Å². The van der Waals surface area contributed by atoms with E-state index in [0.717, 1.165) is 12.0 Å². The molecule has 0 bridgehead atoms. The van der Waals surface area contributed by atoms with Crippen LogP contribution in [0.2, 0.25) is 0 Å². The number of benzene rings is 2. The first kappa shape index (κ1) is 17.9. The van der Waals surface area contributed by atoms with Crippen LogP contribution in [-0.4, -0.2) is 23.4 Å². The van der Waals surface area contributed by atoms with Crippen LogP contribution in [0, 0.1) is 0 Å². The molecule has 5 heteroatoms. The lowest BCUT2D eigenvalue weighted by molar-refractivity contribution is -0.159. The van der Waals surface area contributed by atoms with Crippen molar-refractivity contribution in [2.75, 3.05) is 0 Å². The summed E-state index contributed by atoms with van der Waals surface area (Å²) in [7, 11) is 0. The molecule has 0 aromatic heterocycles. The van der Waals surface area contributed by atoms with Crippen molar-refractivity contribution in [1.29, 1.82) is 0 Å². The molecule has 2 aromatic carbocycles. The molecule has 134 valence electrons. The normalized spacial score (nSPS) is 19.0. The van der Waals surface area contributed by atoms with Gasteiger partial charge in [-0.25, -0.2) is 14.6 Å². The summed E-state index contributed by atoms with van der Waals surface area (Å²) < 4.78 is 10.8. The van der Waals surface area contributed by atoms with E-state index < -0.39 is 17.5 Å². The molecule has 1 aliphatic heterocycles. The minimum Gasteiger partial charge on any atom is -0.459 e. The van der Waals surface area contributed by atoms with E-state index in [1.54, 1.807) is 12.1 Å². The zero-order chi connectivity index (χ0) is 18.4. The molecule has 0 N–H and O–H groups in total. The molecule has 0 amide bonds. The molecular weight excluding hydrogens is 330 g/mol. The summed E-state index contributed by atoms with van der Waals surface area (Å²) in [5, 5.41) is 0. The molecule has 26 heavy (non-hydrogen) atoms. The molecule has 5 nitrogen and oxygen atoms in total. The minimum absolute atomic E-state index is 0.0943. The average molecular weight is 351 g/mol. The van der Waals surface area contributed by atoms with E-state index >= 15 is 0 Å². The third kappa shape index (κ3) is 3.67. The average Bonchev–Trinajstić information content (AvgIpc) is 3.03. The molecule has 1 aliphatic rings. The van der Waals surface area contributed by atoms with Crippen LogP contribution in [0.15, 0.2) is 65.7 Å². The second-order valence-electron chi connectivity index (χ2n) is 6.20. The fraction of sp³-hybridized carbons (Fsp3) is 0.286. The van der Waals surface area contributed by atoms with Gasteiger partial charge in [0.25, 0.3) is 5.54 Å². The van der Waals surface area contributed by atoms with Crippen LogP contribution >= 0.6 is 0 Å². The highest BCUT2D eigenvalue weighted by Crippen LogP contribution is 2.30. The zero-order valence-corrected chi connectivity index (χ0v) is 14.7. The van der Waals surface area contributed by atoms with Gasteiger partial charge in [0.15, 0.2) is 0 Å². The quantitative estimate of drug-likeness (QED) is 0.564. The fourth-order valence-corrected chi connectivity index (χ4v) is 2.78. The van der Waals surface area contributed by atoms with Gasteiger partial charge >= 0.3 is 11.9 Å². The maximum Gasteiger partial charge on any atom is 0.352 e. The number of unbranched alkanes of at least 4 members (excludes halogenated alkanes) is 1. The van der Waals surface area contributed by atoms with Crippen LogP contribution in [-0.2, 0) is 25.7 Å². The van der Waals surface area contributed by atoms with Gasteiger partial charge in [0.2, 0.25) is 5.90 Å². The Morgan fingerprint density at radius 2 is 1.73 bits per heavy atom. The Labute approximate surface area is 152 Å². The molecule has 1 heterocycles. The summed E-state index contributed by atoms with van der Waals surface area (Å²) in [6, 6.07) is 18.4. The zero-order valence-electron chi connectivity index (χ0n) is 14.7. The third-order valence-corrected chi connectivity index (χ3v) is 4.28. The van der Waals surface area contributed by atoms with Crippen LogP contribution < -0.4 is 0 Å². The number of esters is 2. The largest absolute Gasteiger partial charge is 0.459 e. The highest BCUT2D eigenvalue weighted by molar-refractivity contribution is 6.17. The van der Waals surface area contributed by atoms with Gasteiger partial charge in [-0.1, -0.05) is 68.3 Å². The predicted molar refractivity (Wildman–Crippen MR) is 97.6 cm³/mol. The first-order valence-corrected chi connectivity index (χ1v) is 8.74. The summed E-state index contributed by atoms with van der Waals surface area (Å²) in [6.07, 6.45) is 1.77. The maximum absolute atomic E-state index is 12.8. The Bertz CT molecular complexity index is 801. The van der Waals surface area contributed by atoms with E-state index in [1.165, 1.54) is 0 Å². The molecule has 2 aromatic rings. The molecule has 0 saturated carbocycles. The smallest absolute Gasteiger partial charge is 0.352 e. The van der Waals surface area contributed by atoms with E-state index in [9.17, 15) is 9.59 Å². The number of aliphatic imine (C=N–C) groups is 1. The molecule has 0 unspecified atom stereocenters. The molecule has 1 atom stereocenters. The lowest BCUT2D eigenvalue weighted by Gasteiger charge is -2.19. The topological polar surface area (TPSA) is 65.0 Å². The number of hydrogen-bond acceptors (Lipinski definition) is 5. The highest BCUT2D eigenvalue weighted by atomic mass is 16.6. The Balaban J connectivity index is 1.84. The predicted octanol–water partition coefficient (Wildman–Crippen LogP) is 3.66. The van der Waals surface area contributed by atoms with Gasteiger partial charge in [0, 0.05) is 5.56 Å². The Kier molecular flexibility index (Phi) is 5.46. The first-order chi connectivity index (χ1) is 12.7. The summed E-state index contributed by atoms with van der Waals surface area (Å²) in [4.78, 5) is 29.8. The van der Waals surface area contributed by atoms with Crippen LogP contribution in [0.3, 0.4) is 0 Å². The molecular formula is C21H21NO4. The standard InChI is InChI=1S/C21H21NO4/c1-2-3-14-21(19(23)25-15-16-10-6-4-7-11-16)20(24)26-18(22-21)17-12-8-5-9-13-17/h4-13H,2-3,14-15H2,1H3/t21-/m0/s1. The number of ether oxygens (including phenoxy) is 2. The maximum atomic E-state index is 12.8. The SMILES string of the molecule is CCCC[C@@]1(C(=O)OCc2ccccc2)N=C(c2ccccc2)OC1=O. The van der Waals surface area contributed by atoms with Crippen molar-refractivity contribution in [3.63, 3.8) is 0 Å². The van der Waals surface area contributed by atoms with Crippen molar-refractivity contribution in [3.05, 3.63) is 71.8 Å². The fourth-order valence-electron chi connectivity index (χ4n) is 2.78. The lowest BCUT2D eigenvalue weighted by Crippen LogP contribution is -2.44. The summed E-state index contributed by atoms with van der Waals surface area (Å²) in [5.74, 6) is -1.16. The van der Waals surface area contributed by atoms with E-state index in [-0.39, 0.29) is 18.9 Å². The molecule has 0 saturated heterocycles. The van der Waals surface area contributed by atoms with E-state index in [4.69, 9.17) is 9.47 Å². The van der Waals surface area contributed by atoms with Crippen molar-refractivity contribution in [2.45, 2.75) is 38.3 Å². The summed E-state index contributed by atoms with van der Waals surface area (Å²) in [5.41, 5.74) is -0.101. The first-order valence-electron chi connectivity index (χ1n) is 8.74. The molecule has 0 radical (unpaired) electrons. The Morgan fingerprint density at radius 1 is 1.08 bits per heavy atom. The van der Waals surface area contributed by atoms with E-state index in [1.807, 2.05) is 55.5 Å². The van der Waals surface area contributed by atoms with Gasteiger partial charge in [0.1, 0.15) is 6.61 Å². The van der Waals surface area contributed by atoms with Crippen LogP contribution in [0.25, 0.3) is 0 Å². The third-order valence-electron chi connectivity index (χ3n) is 4.28. The van der Waals surface area contributed by atoms with Gasteiger partial charge in [-0.15, -0.1) is 0 Å². The van der Waals surface area contributed by atoms with Crippen LogP contribution in [0.1, 0.15) is 37.3 Å². The number of cyclic esters (lactones) is 1. The highest BCUT2D eigenvalue weighted by Gasteiger charge is 2.53. The number of carbonyl (C=O) groups excluding carboxylic acids is 2. The van der Waals surface area contributed by atoms with Crippen LogP contribution in [0.4, 0.5) is 0 Å². The second kappa shape index (κ2) is 7.95. The Hall–Kier alpha value is -2.95. The molecule has 0 fully saturated rings. The number of carbonyl (C=O) groups is 2. The van der Waals surface area contributed by atoms with Gasteiger partial charge in [-0.2, -0.15) is 0 Å². The van der Waals surface area contributed by atoms with Crippen molar-refractivity contribution in [3.8, 4) is 0 Å². The van der Waals surface area contributed by atoms with Gasteiger partial charge in [-0.05, 0) is 24.1 Å². The lowest BCUT2D eigenvalue weighted by atomic mass is 9.94. The summed E-state index contributed by atoms with van der Waals surface area (Å²) >= 11 is 0. The summed E-state index contributed by atoms with van der Waals surface area (Å²) in [6.45, 7) is 2.09. The number of rotatable bonds is 7. The number of nitrogens with zero attached hydrogens (tertiary/aromatic N) is 1. The van der Waals surface area contributed by atoms with E-state index in [0.29, 0.717) is 12.0 Å². The minimum atomic E-state index is -1.62. The Morgan fingerprint density at radius 3 is 2.38 bits per heavy atom. The van der Waals surface area contributed by atoms with Crippen molar-refractivity contribution in [2.24, 2.45) is 4.99 Å². The van der Waals surface area contributed by atoms with Crippen LogP contribution in [0.5, 0.6) is 0 Å². The van der Waals surface area contributed by atoms with Crippen molar-refractivity contribution in [1.82, 2.24) is 0 Å².